The van der Waals surface area contributed by atoms with Crippen molar-refractivity contribution < 1.29 is 13.2 Å². The molecule has 0 saturated carbocycles. The molecule has 0 bridgehead atoms. The summed E-state index contributed by atoms with van der Waals surface area (Å²) in [6.45, 7) is 3.21. The highest BCUT2D eigenvalue weighted by Gasteiger charge is 2.33. The van der Waals surface area contributed by atoms with Gasteiger partial charge in [-0.15, -0.1) is 0 Å². The Balaban J connectivity index is 1.70. The first-order chi connectivity index (χ1) is 13.6. The van der Waals surface area contributed by atoms with Crippen LogP contribution in [0, 0.1) is 6.92 Å². The van der Waals surface area contributed by atoms with E-state index in [2.05, 4.69) is 15.3 Å². The van der Waals surface area contributed by atoms with Crippen molar-refractivity contribution in [3.8, 4) is 0 Å². The molecule has 1 fully saturated rings. The predicted molar refractivity (Wildman–Crippen MR) is 103 cm³/mol. The number of likely N-dealkylation sites (tertiary alicyclic amines) is 1. The van der Waals surface area contributed by atoms with Gasteiger partial charge in [0.1, 0.15) is 0 Å². The molecule has 1 atom stereocenters. The molecule has 158 valence electrons. The van der Waals surface area contributed by atoms with Gasteiger partial charge in [-0.25, -0.2) is 14.2 Å². The SMILES string of the molecule is Cc1cccc([C@H](C)Nc2nc(=O)n(C3CCN(CC(F)(F)F)CC3)c(=O)[nH]2)c1. The van der Waals surface area contributed by atoms with Gasteiger partial charge in [0.15, 0.2) is 0 Å². The van der Waals surface area contributed by atoms with E-state index in [1.165, 1.54) is 4.90 Å². The number of hydrogen-bond donors (Lipinski definition) is 2. The van der Waals surface area contributed by atoms with Crippen LogP contribution in [-0.4, -0.2) is 45.2 Å². The number of anilines is 1. The number of aromatic amines is 1. The largest absolute Gasteiger partial charge is 0.401 e. The van der Waals surface area contributed by atoms with Gasteiger partial charge in [0, 0.05) is 19.1 Å². The number of hydrogen-bond acceptors (Lipinski definition) is 5. The van der Waals surface area contributed by atoms with Crippen LogP contribution in [0.2, 0.25) is 0 Å². The molecule has 1 aliphatic heterocycles. The highest BCUT2D eigenvalue weighted by molar-refractivity contribution is 5.32. The molecule has 1 aromatic carbocycles. The fourth-order valence-corrected chi connectivity index (χ4v) is 3.63. The van der Waals surface area contributed by atoms with Crippen LogP contribution in [0.1, 0.15) is 43.0 Å². The summed E-state index contributed by atoms with van der Waals surface area (Å²) < 4.78 is 38.5. The van der Waals surface area contributed by atoms with Gasteiger partial charge in [-0.3, -0.25) is 9.88 Å². The highest BCUT2D eigenvalue weighted by Crippen LogP contribution is 2.24. The van der Waals surface area contributed by atoms with Gasteiger partial charge in [-0.1, -0.05) is 29.8 Å². The Morgan fingerprint density at radius 2 is 1.97 bits per heavy atom. The van der Waals surface area contributed by atoms with E-state index in [9.17, 15) is 22.8 Å². The molecule has 0 amide bonds. The van der Waals surface area contributed by atoms with Gasteiger partial charge in [0.05, 0.1) is 12.6 Å². The standard InChI is InChI=1S/C19H24F3N5O2/c1-12-4-3-5-14(10-12)13(2)23-16-24-17(28)27(18(29)25-16)15-6-8-26(9-7-15)11-19(20,21)22/h3-5,10,13,15H,6-9,11H2,1-2H3,(H2,23,24,25,28,29)/t13-/m0/s1. The zero-order chi connectivity index (χ0) is 21.2. The maximum absolute atomic E-state index is 12.5. The maximum atomic E-state index is 12.5. The maximum Gasteiger partial charge on any atom is 0.401 e. The van der Waals surface area contributed by atoms with Crippen LogP contribution in [-0.2, 0) is 0 Å². The van der Waals surface area contributed by atoms with Crippen molar-refractivity contribution in [2.24, 2.45) is 0 Å². The van der Waals surface area contributed by atoms with Crippen LogP contribution in [0.4, 0.5) is 19.1 Å². The van der Waals surface area contributed by atoms with E-state index < -0.39 is 30.1 Å². The molecule has 1 aliphatic rings. The topological polar surface area (TPSA) is 83.0 Å². The molecule has 29 heavy (non-hydrogen) atoms. The van der Waals surface area contributed by atoms with Crippen molar-refractivity contribution in [1.82, 2.24) is 19.4 Å². The third kappa shape index (κ3) is 5.47. The summed E-state index contributed by atoms with van der Waals surface area (Å²) in [5.74, 6) is 0.0692. The van der Waals surface area contributed by atoms with Crippen LogP contribution in [0.5, 0.6) is 0 Å². The lowest BCUT2D eigenvalue weighted by atomic mass is 10.0. The molecule has 0 unspecified atom stereocenters. The van der Waals surface area contributed by atoms with Gasteiger partial charge in [-0.05, 0) is 32.3 Å². The first-order valence-electron chi connectivity index (χ1n) is 9.47. The number of H-pyrrole nitrogens is 1. The quantitative estimate of drug-likeness (QED) is 0.790. The van der Waals surface area contributed by atoms with Gasteiger partial charge >= 0.3 is 17.6 Å². The predicted octanol–water partition coefficient (Wildman–Crippen LogP) is 2.61. The number of nitrogens with zero attached hydrogens (tertiary/aromatic N) is 3. The van der Waals surface area contributed by atoms with Gasteiger partial charge in [0.25, 0.3) is 0 Å². The van der Waals surface area contributed by atoms with E-state index in [4.69, 9.17) is 0 Å². The molecule has 2 N–H and O–H groups in total. The van der Waals surface area contributed by atoms with E-state index in [1.807, 2.05) is 38.1 Å². The average molecular weight is 411 g/mol. The number of nitrogens with one attached hydrogen (secondary N) is 2. The molecule has 7 nitrogen and oxygen atoms in total. The Bertz CT molecular complexity index is 930. The number of halogens is 3. The van der Waals surface area contributed by atoms with Crippen LogP contribution in [0.25, 0.3) is 0 Å². The Kier molecular flexibility index (Phi) is 6.11. The van der Waals surface area contributed by atoms with Gasteiger partial charge < -0.3 is 5.32 Å². The third-order valence-corrected chi connectivity index (χ3v) is 5.08. The highest BCUT2D eigenvalue weighted by atomic mass is 19.4. The molecule has 0 aliphatic carbocycles. The van der Waals surface area contributed by atoms with E-state index in [1.54, 1.807) is 0 Å². The third-order valence-electron chi connectivity index (χ3n) is 5.08. The average Bonchev–Trinajstić information content (AvgIpc) is 2.61. The van der Waals surface area contributed by atoms with E-state index >= 15 is 0 Å². The molecule has 10 heteroatoms. The summed E-state index contributed by atoms with van der Waals surface area (Å²) in [5.41, 5.74) is 0.749. The van der Waals surface area contributed by atoms with Crippen molar-refractivity contribution in [1.29, 1.82) is 0 Å². The first kappa shape index (κ1) is 21.1. The number of aryl methyl sites for hydroxylation is 1. The summed E-state index contributed by atoms with van der Waals surface area (Å²) in [5, 5.41) is 3.02. The number of piperidine rings is 1. The molecule has 2 heterocycles. The minimum absolute atomic E-state index is 0.0692. The summed E-state index contributed by atoms with van der Waals surface area (Å²) in [6, 6.07) is 7.16. The lowest BCUT2D eigenvalue weighted by Gasteiger charge is -2.32. The summed E-state index contributed by atoms with van der Waals surface area (Å²) in [6.07, 6.45) is -3.69. The minimum Gasteiger partial charge on any atom is -0.349 e. The smallest absolute Gasteiger partial charge is 0.349 e. The monoisotopic (exact) mass is 411 g/mol. The summed E-state index contributed by atoms with van der Waals surface area (Å²) in [4.78, 5) is 32.7. The van der Waals surface area contributed by atoms with Crippen molar-refractivity contribution in [2.75, 3.05) is 25.0 Å². The fraction of sp³-hybridized carbons (Fsp3) is 0.526. The molecular formula is C19H24F3N5O2. The van der Waals surface area contributed by atoms with Crippen LogP contribution in [0.3, 0.4) is 0 Å². The number of rotatable bonds is 5. The second kappa shape index (κ2) is 8.40. The molecule has 0 spiro atoms. The Labute approximate surface area is 165 Å². The number of aromatic nitrogens is 3. The molecule has 3 rings (SSSR count). The molecular weight excluding hydrogens is 387 g/mol. The van der Waals surface area contributed by atoms with Crippen LogP contribution in [0.15, 0.2) is 33.9 Å². The Morgan fingerprint density at radius 3 is 2.55 bits per heavy atom. The van der Waals surface area contributed by atoms with Crippen molar-refractivity contribution in [3.05, 3.63) is 56.4 Å². The molecule has 0 radical (unpaired) electrons. The second-order valence-corrected chi connectivity index (χ2v) is 7.45. The van der Waals surface area contributed by atoms with Crippen molar-refractivity contribution in [3.63, 3.8) is 0 Å². The molecule has 1 saturated heterocycles. The Hall–Kier alpha value is -2.62. The van der Waals surface area contributed by atoms with Crippen LogP contribution < -0.4 is 16.7 Å². The summed E-state index contributed by atoms with van der Waals surface area (Å²) >= 11 is 0. The van der Waals surface area contributed by atoms with Gasteiger partial charge in [0.2, 0.25) is 5.95 Å². The normalized spacial score (nSPS) is 17.3. The lowest BCUT2D eigenvalue weighted by Crippen LogP contribution is -2.46. The van der Waals surface area contributed by atoms with E-state index in [0.717, 1.165) is 15.7 Å². The van der Waals surface area contributed by atoms with E-state index in [0.29, 0.717) is 0 Å². The molecule has 2 aromatic rings. The Morgan fingerprint density at radius 1 is 1.28 bits per heavy atom. The number of alkyl halides is 3. The second-order valence-electron chi connectivity index (χ2n) is 7.45. The van der Waals surface area contributed by atoms with E-state index in [-0.39, 0.29) is 37.9 Å². The fourth-order valence-electron chi connectivity index (χ4n) is 3.63. The minimum atomic E-state index is -4.26. The van der Waals surface area contributed by atoms with Crippen molar-refractivity contribution >= 4 is 5.95 Å². The van der Waals surface area contributed by atoms with Crippen molar-refractivity contribution in [2.45, 2.75) is 44.9 Å². The zero-order valence-electron chi connectivity index (χ0n) is 16.3. The molecule has 1 aromatic heterocycles. The summed E-state index contributed by atoms with van der Waals surface area (Å²) in [7, 11) is 0. The zero-order valence-corrected chi connectivity index (χ0v) is 16.3. The van der Waals surface area contributed by atoms with Crippen LogP contribution >= 0.6 is 0 Å². The van der Waals surface area contributed by atoms with Gasteiger partial charge in [-0.2, -0.15) is 18.2 Å². The number of benzene rings is 1. The first-order valence-corrected chi connectivity index (χ1v) is 9.47. The lowest BCUT2D eigenvalue weighted by molar-refractivity contribution is -0.148.